The lowest BCUT2D eigenvalue weighted by molar-refractivity contribution is -0.147. The van der Waals surface area contributed by atoms with Gasteiger partial charge in [0.05, 0.1) is 5.60 Å². The van der Waals surface area contributed by atoms with Gasteiger partial charge in [-0.15, -0.1) is 0 Å². The van der Waals surface area contributed by atoms with E-state index in [2.05, 4.69) is 13.8 Å². The molecule has 0 saturated heterocycles. The van der Waals surface area contributed by atoms with Crippen LogP contribution in [0.25, 0.3) is 0 Å². The summed E-state index contributed by atoms with van der Waals surface area (Å²) < 4.78 is 10.9. The Hall–Kier alpha value is -0.570. The van der Waals surface area contributed by atoms with Crippen molar-refractivity contribution in [1.82, 2.24) is 0 Å². The van der Waals surface area contributed by atoms with E-state index in [0.717, 1.165) is 18.9 Å². The molecule has 3 nitrogen and oxygen atoms in total. The maximum Gasteiger partial charge on any atom is 0.293 e. The molecule has 0 rings (SSSR count). The van der Waals surface area contributed by atoms with Gasteiger partial charge >= 0.3 is 0 Å². The highest BCUT2D eigenvalue weighted by atomic mass is 16.5. The molecule has 0 fully saturated rings. The monoisotopic (exact) mass is 244 g/mol. The molecule has 0 bridgehead atoms. The summed E-state index contributed by atoms with van der Waals surface area (Å²) in [5.41, 5.74) is -0.729. The van der Waals surface area contributed by atoms with Crippen molar-refractivity contribution in [2.24, 2.45) is 5.92 Å². The second-order valence-corrected chi connectivity index (χ2v) is 6.29. The molecule has 0 heterocycles. The van der Waals surface area contributed by atoms with Gasteiger partial charge in [-0.1, -0.05) is 13.8 Å². The third-order valence-electron chi connectivity index (χ3n) is 2.64. The minimum Gasteiger partial charge on any atom is -0.462 e. The van der Waals surface area contributed by atoms with Gasteiger partial charge in [-0.3, -0.25) is 4.79 Å². The molecule has 0 spiro atoms. The van der Waals surface area contributed by atoms with Gasteiger partial charge in [-0.2, -0.15) is 0 Å². The van der Waals surface area contributed by atoms with Crippen LogP contribution in [0.5, 0.6) is 0 Å². The number of carbonyl (C=O) groups excluding carboxylic acids is 1. The van der Waals surface area contributed by atoms with E-state index in [9.17, 15) is 4.79 Å². The zero-order valence-corrected chi connectivity index (χ0v) is 12.2. The van der Waals surface area contributed by atoms with Gasteiger partial charge in [0.2, 0.25) is 0 Å². The van der Waals surface area contributed by atoms with Crippen LogP contribution in [0.2, 0.25) is 0 Å². The molecule has 0 unspecified atom stereocenters. The van der Waals surface area contributed by atoms with E-state index in [-0.39, 0.29) is 5.60 Å². The third-order valence-corrected chi connectivity index (χ3v) is 2.64. The van der Waals surface area contributed by atoms with Crippen molar-refractivity contribution in [2.45, 2.75) is 72.0 Å². The minimum absolute atomic E-state index is 0.260. The smallest absolute Gasteiger partial charge is 0.293 e. The number of hydrogen-bond acceptors (Lipinski definition) is 3. The largest absolute Gasteiger partial charge is 0.462 e. The van der Waals surface area contributed by atoms with Crippen molar-refractivity contribution in [3.05, 3.63) is 0 Å². The molecule has 0 aromatic heterocycles. The second kappa shape index (κ2) is 7.00. The summed E-state index contributed by atoms with van der Waals surface area (Å²) >= 11 is 0. The van der Waals surface area contributed by atoms with Crippen molar-refractivity contribution in [2.75, 3.05) is 6.61 Å². The molecule has 17 heavy (non-hydrogen) atoms. The third kappa shape index (κ3) is 9.16. The first kappa shape index (κ1) is 16.4. The molecule has 0 aliphatic rings. The van der Waals surface area contributed by atoms with Crippen molar-refractivity contribution in [3.63, 3.8) is 0 Å². The highest BCUT2D eigenvalue weighted by Crippen LogP contribution is 2.26. The Balaban J connectivity index is 3.98. The Morgan fingerprint density at radius 3 is 2.18 bits per heavy atom. The second-order valence-electron chi connectivity index (χ2n) is 6.29. The minimum atomic E-state index is -0.469. The first-order valence-corrected chi connectivity index (χ1v) is 6.44. The fourth-order valence-corrected chi connectivity index (χ4v) is 2.09. The molecular formula is C14H28O3. The quantitative estimate of drug-likeness (QED) is 0.459. The lowest BCUT2D eigenvalue weighted by atomic mass is 9.92. The summed E-state index contributed by atoms with van der Waals surface area (Å²) in [7, 11) is 0. The summed E-state index contributed by atoms with van der Waals surface area (Å²) in [6.07, 6.45) is 2.96. The van der Waals surface area contributed by atoms with Crippen LogP contribution in [0.1, 0.15) is 60.8 Å². The van der Waals surface area contributed by atoms with Gasteiger partial charge in [0.25, 0.3) is 6.47 Å². The van der Waals surface area contributed by atoms with E-state index < -0.39 is 5.60 Å². The van der Waals surface area contributed by atoms with Crippen LogP contribution in [0.4, 0.5) is 0 Å². The van der Waals surface area contributed by atoms with Crippen LogP contribution in [0.15, 0.2) is 0 Å². The van der Waals surface area contributed by atoms with Gasteiger partial charge in [0.1, 0.15) is 5.60 Å². The molecule has 102 valence electrons. The zero-order chi connectivity index (χ0) is 13.5. The van der Waals surface area contributed by atoms with Crippen molar-refractivity contribution in [3.8, 4) is 0 Å². The Kier molecular flexibility index (Phi) is 6.76. The molecule has 0 saturated carbocycles. The number of carbonyl (C=O) groups is 1. The fourth-order valence-electron chi connectivity index (χ4n) is 2.09. The van der Waals surface area contributed by atoms with Gasteiger partial charge in [0.15, 0.2) is 0 Å². The molecule has 0 aromatic rings. The van der Waals surface area contributed by atoms with Crippen LogP contribution in [-0.2, 0) is 14.3 Å². The topological polar surface area (TPSA) is 35.5 Å². The van der Waals surface area contributed by atoms with E-state index in [1.54, 1.807) is 0 Å². The van der Waals surface area contributed by atoms with Gasteiger partial charge in [-0.05, 0) is 46.5 Å². The molecule has 0 amide bonds. The molecular weight excluding hydrogens is 216 g/mol. The fraction of sp³-hybridized carbons (Fsp3) is 0.929. The SMILES string of the molecule is CC(C)CCCOC(C)(C)CC(C)(C)OC=O. The molecule has 3 heteroatoms. The van der Waals surface area contributed by atoms with Crippen LogP contribution in [-0.4, -0.2) is 24.3 Å². The highest BCUT2D eigenvalue weighted by molar-refractivity contribution is 5.38. The van der Waals surface area contributed by atoms with Gasteiger partial charge in [0, 0.05) is 13.0 Å². The highest BCUT2D eigenvalue weighted by Gasteiger charge is 2.30. The summed E-state index contributed by atoms with van der Waals surface area (Å²) in [6.45, 7) is 13.6. The molecule has 0 N–H and O–H groups in total. The summed E-state index contributed by atoms with van der Waals surface area (Å²) in [4.78, 5) is 10.4. The van der Waals surface area contributed by atoms with Crippen LogP contribution < -0.4 is 0 Å². The van der Waals surface area contributed by atoms with E-state index in [1.807, 2.05) is 27.7 Å². The summed E-state index contributed by atoms with van der Waals surface area (Å²) in [5, 5.41) is 0. The first-order valence-electron chi connectivity index (χ1n) is 6.44. The maximum atomic E-state index is 10.4. The average Bonchev–Trinajstić information content (AvgIpc) is 2.10. The van der Waals surface area contributed by atoms with E-state index in [4.69, 9.17) is 9.47 Å². The van der Waals surface area contributed by atoms with Crippen molar-refractivity contribution < 1.29 is 14.3 Å². The lowest BCUT2D eigenvalue weighted by Gasteiger charge is -2.33. The summed E-state index contributed by atoms with van der Waals surface area (Å²) in [6, 6.07) is 0. The molecule has 0 radical (unpaired) electrons. The molecule has 0 aliphatic heterocycles. The van der Waals surface area contributed by atoms with Crippen LogP contribution in [0.3, 0.4) is 0 Å². The van der Waals surface area contributed by atoms with Gasteiger partial charge in [-0.25, -0.2) is 0 Å². The van der Waals surface area contributed by atoms with Crippen LogP contribution in [0, 0.1) is 5.92 Å². The lowest BCUT2D eigenvalue weighted by Crippen LogP contribution is -2.37. The standard InChI is InChI=1S/C14H28O3/c1-12(2)8-7-9-16-13(3,4)10-14(5,6)17-11-15/h11-12H,7-10H2,1-6H3. The molecule has 0 atom stereocenters. The van der Waals surface area contributed by atoms with Crippen molar-refractivity contribution >= 4 is 6.47 Å². The van der Waals surface area contributed by atoms with Crippen molar-refractivity contribution in [1.29, 1.82) is 0 Å². The Morgan fingerprint density at radius 2 is 1.71 bits per heavy atom. The number of hydrogen-bond donors (Lipinski definition) is 0. The number of ether oxygens (including phenoxy) is 2. The van der Waals surface area contributed by atoms with E-state index in [1.165, 1.54) is 6.42 Å². The maximum absolute atomic E-state index is 10.4. The Bertz CT molecular complexity index is 220. The predicted molar refractivity (Wildman–Crippen MR) is 69.9 cm³/mol. The normalized spacial score (nSPS) is 12.9. The Labute approximate surface area is 106 Å². The van der Waals surface area contributed by atoms with Crippen LogP contribution >= 0.6 is 0 Å². The molecule has 0 aliphatic carbocycles. The molecule has 0 aromatic carbocycles. The van der Waals surface area contributed by atoms with E-state index in [0.29, 0.717) is 12.9 Å². The predicted octanol–water partition coefficient (Wildman–Crippen LogP) is 3.56. The van der Waals surface area contributed by atoms with Gasteiger partial charge < -0.3 is 9.47 Å². The zero-order valence-electron chi connectivity index (χ0n) is 12.2. The average molecular weight is 244 g/mol. The first-order chi connectivity index (χ1) is 7.68. The number of rotatable bonds is 9. The Morgan fingerprint density at radius 1 is 1.12 bits per heavy atom. The summed E-state index contributed by atoms with van der Waals surface area (Å²) in [5.74, 6) is 0.719. The van der Waals surface area contributed by atoms with E-state index >= 15 is 0 Å².